The molecule has 0 aliphatic carbocycles. The summed E-state index contributed by atoms with van der Waals surface area (Å²) in [7, 11) is 8.32. The second-order valence-electron chi connectivity index (χ2n) is 10.4. The standard InChI is InChI=1S/C28H62N6O4/c1-7-9-10-21-37-25-27(35)24-34(19-18-33(5)6)17-14-30-15-22-38-28(26-36-20-8-2)23-31-12-11-29-13-16-32(3)4/h8,27-31,35H,2,7,9-26H2,1,3-6H3. The van der Waals surface area contributed by atoms with Crippen molar-refractivity contribution in [3.63, 3.8) is 0 Å². The summed E-state index contributed by atoms with van der Waals surface area (Å²) in [6, 6.07) is 0. The van der Waals surface area contributed by atoms with Gasteiger partial charge in [-0.2, -0.15) is 0 Å². The Balaban J connectivity index is 4.19. The van der Waals surface area contributed by atoms with E-state index < -0.39 is 6.10 Å². The van der Waals surface area contributed by atoms with Crippen molar-refractivity contribution in [1.82, 2.24) is 30.7 Å². The van der Waals surface area contributed by atoms with Crippen LogP contribution in [-0.2, 0) is 14.2 Å². The molecule has 0 radical (unpaired) electrons. The SMILES string of the molecule is C=CCOCC(CNCCNCCN(C)C)OCCNCCN(CCN(C)C)CC(O)COCCCCC. The number of unbranched alkanes of at least 4 members (excludes halogenated alkanes) is 2. The number of aliphatic hydroxyl groups is 1. The van der Waals surface area contributed by atoms with Gasteiger partial charge in [0.2, 0.25) is 0 Å². The number of rotatable bonds is 30. The summed E-state index contributed by atoms with van der Waals surface area (Å²) in [5.74, 6) is 0. The molecule has 38 heavy (non-hydrogen) atoms. The Bertz CT molecular complexity index is 502. The second-order valence-corrected chi connectivity index (χ2v) is 10.4. The average molecular weight is 547 g/mol. The van der Waals surface area contributed by atoms with E-state index >= 15 is 0 Å². The normalized spacial score (nSPS) is 13.6. The van der Waals surface area contributed by atoms with Gasteiger partial charge in [-0.15, -0.1) is 6.58 Å². The van der Waals surface area contributed by atoms with E-state index in [1.807, 2.05) is 0 Å². The third-order valence-electron chi connectivity index (χ3n) is 5.90. The number of aliphatic hydroxyl groups excluding tert-OH is 1. The van der Waals surface area contributed by atoms with Crippen LogP contribution in [0, 0.1) is 0 Å². The molecular weight excluding hydrogens is 484 g/mol. The van der Waals surface area contributed by atoms with Crippen molar-refractivity contribution in [2.75, 3.05) is 133 Å². The number of ether oxygens (including phenoxy) is 3. The summed E-state index contributed by atoms with van der Waals surface area (Å²) in [6.07, 6.45) is 4.72. The molecular formula is C28H62N6O4. The quantitative estimate of drug-likeness (QED) is 0.0746. The van der Waals surface area contributed by atoms with Gasteiger partial charge in [-0.1, -0.05) is 25.8 Å². The fourth-order valence-electron chi connectivity index (χ4n) is 3.64. The van der Waals surface area contributed by atoms with E-state index in [9.17, 15) is 5.11 Å². The predicted octanol–water partition coefficient (Wildman–Crippen LogP) is 0.336. The molecule has 0 aromatic carbocycles. The average Bonchev–Trinajstić information content (AvgIpc) is 2.87. The van der Waals surface area contributed by atoms with E-state index in [-0.39, 0.29) is 6.10 Å². The molecule has 0 rings (SSSR count). The highest BCUT2D eigenvalue weighted by Gasteiger charge is 2.13. The molecule has 4 N–H and O–H groups in total. The minimum Gasteiger partial charge on any atom is -0.389 e. The fourth-order valence-corrected chi connectivity index (χ4v) is 3.64. The van der Waals surface area contributed by atoms with Gasteiger partial charge in [0, 0.05) is 78.6 Å². The number of hydrogen-bond donors (Lipinski definition) is 4. The van der Waals surface area contributed by atoms with Crippen LogP contribution in [0.4, 0.5) is 0 Å². The van der Waals surface area contributed by atoms with Gasteiger partial charge in [-0.25, -0.2) is 0 Å². The fraction of sp³-hybridized carbons (Fsp3) is 0.929. The van der Waals surface area contributed by atoms with E-state index in [0.717, 1.165) is 78.5 Å². The summed E-state index contributed by atoms with van der Waals surface area (Å²) in [6.45, 7) is 18.3. The Hall–Kier alpha value is -0.660. The van der Waals surface area contributed by atoms with Crippen LogP contribution in [-0.4, -0.2) is 165 Å². The van der Waals surface area contributed by atoms with Gasteiger partial charge < -0.3 is 45.1 Å². The zero-order valence-corrected chi connectivity index (χ0v) is 25.4. The Labute approximate surface area is 234 Å². The first-order chi connectivity index (χ1) is 18.4. The van der Waals surface area contributed by atoms with Crippen molar-refractivity contribution in [3.8, 4) is 0 Å². The third kappa shape index (κ3) is 26.9. The monoisotopic (exact) mass is 546 g/mol. The van der Waals surface area contributed by atoms with E-state index in [1.54, 1.807) is 6.08 Å². The summed E-state index contributed by atoms with van der Waals surface area (Å²) in [5.41, 5.74) is 0. The van der Waals surface area contributed by atoms with Crippen LogP contribution >= 0.6 is 0 Å². The highest BCUT2D eigenvalue weighted by Crippen LogP contribution is 1.98. The van der Waals surface area contributed by atoms with Crippen LogP contribution in [0.1, 0.15) is 26.2 Å². The second kappa shape index (κ2) is 27.9. The number of nitrogens with one attached hydrogen (secondary N) is 3. The maximum Gasteiger partial charge on any atom is 0.0933 e. The van der Waals surface area contributed by atoms with Crippen molar-refractivity contribution in [2.24, 2.45) is 0 Å². The smallest absolute Gasteiger partial charge is 0.0933 e. The summed E-state index contributed by atoms with van der Waals surface area (Å²) >= 11 is 0. The van der Waals surface area contributed by atoms with Gasteiger partial charge in [-0.3, -0.25) is 4.90 Å². The molecule has 10 heteroatoms. The molecule has 2 atom stereocenters. The van der Waals surface area contributed by atoms with Gasteiger partial charge >= 0.3 is 0 Å². The molecule has 2 unspecified atom stereocenters. The predicted molar refractivity (Wildman–Crippen MR) is 159 cm³/mol. The molecule has 0 saturated heterocycles. The first-order valence-corrected chi connectivity index (χ1v) is 14.6. The van der Waals surface area contributed by atoms with Crippen LogP contribution in [0.25, 0.3) is 0 Å². The van der Waals surface area contributed by atoms with Crippen LogP contribution in [0.15, 0.2) is 12.7 Å². The van der Waals surface area contributed by atoms with E-state index in [1.165, 1.54) is 12.8 Å². The van der Waals surface area contributed by atoms with Crippen molar-refractivity contribution in [2.45, 2.75) is 38.4 Å². The molecule has 0 aliphatic heterocycles. The molecule has 0 bridgehead atoms. The lowest BCUT2D eigenvalue weighted by Gasteiger charge is -2.26. The largest absolute Gasteiger partial charge is 0.389 e. The molecule has 0 aromatic heterocycles. The molecule has 10 nitrogen and oxygen atoms in total. The summed E-state index contributed by atoms with van der Waals surface area (Å²) in [5, 5.41) is 20.8. The lowest BCUT2D eigenvalue weighted by Crippen LogP contribution is -2.42. The summed E-state index contributed by atoms with van der Waals surface area (Å²) in [4.78, 5) is 6.64. The lowest BCUT2D eigenvalue weighted by molar-refractivity contribution is -0.00772. The van der Waals surface area contributed by atoms with Crippen molar-refractivity contribution < 1.29 is 19.3 Å². The zero-order valence-electron chi connectivity index (χ0n) is 25.4. The third-order valence-corrected chi connectivity index (χ3v) is 5.90. The van der Waals surface area contributed by atoms with Crippen LogP contribution in [0.2, 0.25) is 0 Å². The zero-order chi connectivity index (χ0) is 28.3. The molecule has 0 heterocycles. The Morgan fingerprint density at radius 3 is 2.21 bits per heavy atom. The Morgan fingerprint density at radius 2 is 1.50 bits per heavy atom. The van der Waals surface area contributed by atoms with Gasteiger partial charge in [0.25, 0.3) is 0 Å². The van der Waals surface area contributed by atoms with Gasteiger partial charge in [0.05, 0.1) is 38.6 Å². The molecule has 228 valence electrons. The van der Waals surface area contributed by atoms with E-state index in [4.69, 9.17) is 14.2 Å². The first-order valence-electron chi connectivity index (χ1n) is 14.6. The maximum atomic E-state index is 10.4. The number of hydrogen-bond acceptors (Lipinski definition) is 10. The van der Waals surface area contributed by atoms with E-state index in [2.05, 4.69) is 72.3 Å². The minimum absolute atomic E-state index is 0.00240. The molecule has 0 aliphatic rings. The highest BCUT2D eigenvalue weighted by atomic mass is 16.5. The topological polar surface area (TPSA) is 93.7 Å². The van der Waals surface area contributed by atoms with Gasteiger partial charge in [-0.05, 0) is 34.6 Å². The highest BCUT2D eigenvalue weighted by molar-refractivity contribution is 4.69. The molecule has 0 fully saturated rings. The van der Waals surface area contributed by atoms with Crippen LogP contribution < -0.4 is 16.0 Å². The number of nitrogens with zero attached hydrogens (tertiary/aromatic N) is 3. The summed E-state index contributed by atoms with van der Waals surface area (Å²) < 4.78 is 17.4. The minimum atomic E-state index is -0.464. The first kappa shape index (κ1) is 37.3. The van der Waals surface area contributed by atoms with Crippen molar-refractivity contribution in [1.29, 1.82) is 0 Å². The molecule has 0 aromatic rings. The Kier molecular flexibility index (Phi) is 27.4. The Morgan fingerprint density at radius 1 is 0.789 bits per heavy atom. The van der Waals surface area contributed by atoms with Gasteiger partial charge in [0.1, 0.15) is 0 Å². The van der Waals surface area contributed by atoms with Crippen molar-refractivity contribution in [3.05, 3.63) is 12.7 Å². The van der Waals surface area contributed by atoms with Crippen molar-refractivity contribution >= 4 is 0 Å². The molecule has 0 saturated carbocycles. The van der Waals surface area contributed by atoms with Crippen LogP contribution in [0.3, 0.4) is 0 Å². The molecule has 0 amide bonds. The molecule has 0 spiro atoms. The van der Waals surface area contributed by atoms with Crippen LogP contribution in [0.5, 0.6) is 0 Å². The maximum absolute atomic E-state index is 10.4. The van der Waals surface area contributed by atoms with E-state index in [0.29, 0.717) is 33.0 Å². The lowest BCUT2D eigenvalue weighted by atomic mass is 10.3. The number of likely N-dealkylation sites (N-methyl/N-ethyl adjacent to an activating group) is 2. The van der Waals surface area contributed by atoms with Gasteiger partial charge in [0.15, 0.2) is 0 Å².